The van der Waals surface area contributed by atoms with Crippen molar-refractivity contribution in [2.45, 2.75) is 13.3 Å². The van der Waals surface area contributed by atoms with Gasteiger partial charge in [0.1, 0.15) is 5.82 Å². The molecule has 2 heterocycles. The number of anilines is 1. The third kappa shape index (κ3) is 5.23. The lowest BCUT2D eigenvalue weighted by Crippen LogP contribution is -2.49. The lowest BCUT2D eigenvalue weighted by atomic mass is 10.0. The highest BCUT2D eigenvalue weighted by Gasteiger charge is 2.27. The molecule has 182 valence electrons. The van der Waals surface area contributed by atoms with Gasteiger partial charge < -0.3 is 9.80 Å². The van der Waals surface area contributed by atoms with Gasteiger partial charge in [0, 0.05) is 54.4 Å². The highest BCUT2D eigenvalue weighted by Crippen LogP contribution is 2.29. The standard InChI is InChI=1S/C29H26Cl2N4O/c1-20-25(18-21-8-4-2-5-9-21)28(33-27(32-20)22-10-6-3-7-11-22)34-14-16-35(17-15-34)29(36)24-13-12-23(30)19-26(24)31/h2-13,19H,14-18H2,1H3. The molecule has 3 aromatic carbocycles. The smallest absolute Gasteiger partial charge is 0.255 e. The largest absolute Gasteiger partial charge is 0.353 e. The summed E-state index contributed by atoms with van der Waals surface area (Å²) in [6.07, 6.45) is 0.747. The fourth-order valence-electron chi connectivity index (χ4n) is 4.52. The van der Waals surface area contributed by atoms with E-state index in [9.17, 15) is 4.79 Å². The summed E-state index contributed by atoms with van der Waals surface area (Å²) < 4.78 is 0. The second kappa shape index (κ2) is 10.7. The highest BCUT2D eigenvalue weighted by atomic mass is 35.5. The van der Waals surface area contributed by atoms with Gasteiger partial charge in [-0.05, 0) is 30.7 Å². The molecule has 0 spiro atoms. The summed E-state index contributed by atoms with van der Waals surface area (Å²) in [7, 11) is 0. The predicted molar refractivity (Wildman–Crippen MR) is 146 cm³/mol. The summed E-state index contributed by atoms with van der Waals surface area (Å²) in [5, 5.41) is 0.889. The van der Waals surface area contributed by atoms with Crippen LogP contribution < -0.4 is 4.90 Å². The van der Waals surface area contributed by atoms with Crippen molar-refractivity contribution < 1.29 is 4.79 Å². The van der Waals surface area contributed by atoms with Gasteiger partial charge in [-0.3, -0.25) is 4.79 Å². The van der Waals surface area contributed by atoms with E-state index in [4.69, 9.17) is 33.2 Å². The van der Waals surface area contributed by atoms with E-state index in [2.05, 4.69) is 36.1 Å². The molecule has 0 N–H and O–H groups in total. The molecule has 7 heteroatoms. The number of hydrogen-bond donors (Lipinski definition) is 0. The van der Waals surface area contributed by atoms with Crippen molar-refractivity contribution in [3.8, 4) is 11.4 Å². The number of halogens is 2. The van der Waals surface area contributed by atoms with Crippen molar-refractivity contribution in [2.75, 3.05) is 31.1 Å². The summed E-state index contributed by atoms with van der Waals surface area (Å²) in [6, 6.07) is 25.4. The Labute approximate surface area is 221 Å². The van der Waals surface area contributed by atoms with Crippen LogP contribution in [0.15, 0.2) is 78.9 Å². The number of carbonyl (C=O) groups excluding carboxylic acids is 1. The molecule has 36 heavy (non-hydrogen) atoms. The summed E-state index contributed by atoms with van der Waals surface area (Å²) in [5.41, 5.74) is 4.75. The molecule has 1 amide bonds. The molecule has 5 nitrogen and oxygen atoms in total. The van der Waals surface area contributed by atoms with E-state index in [0.29, 0.717) is 47.6 Å². The fourth-order valence-corrected chi connectivity index (χ4v) is 5.01. The number of carbonyl (C=O) groups is 1. The Morgan fingerprint density at radius 2 is 1.53 bits per heavy atom. The summed E-state index contributed by atoms with van der Waals surface area (Å²) >= 11 is 12.3. The monoisotopic (exact) mass is 516 g/mol. The second-order valence-corrected chi connectivity index (χ2v) is 9.71. The number of benzene rings is 3. The quantitative estimate of drug-likeness (QED) is 0.311. The Balaban J connectivity index is 1.43. The molecule has 0 aliphatic carbocycles. The third-order valence-corrected chi connectivity index (χ3v) is 7.02. The van der Waals surface area contributed by atoms with Crippen LogP contribution in [0.25, 0.3) is 11.4 Å². The average molecular weight is 517 g/mol. The zero-order valence-corrected chi connectivity index (χ0v) is 21.5. The Bertz CT molecular complexity index is 1370. The molecule has 1 saturated heterocycles. The van der Waals surface area contributed by atoms with Gasteiger partial charge >= 0.3 is 0 Å². The Kier molecular flexibility index (Phi) is 7.21. The fraction of sp³-hybridized carbons (Fsp3) is 0.207. The first-order valence-electron chi connectivity index (χ1n) is 12.0. The van der Waals surface area contributed by atoms with Crippen molar-refractivity contribution in [2.24, 2.45) is 0 Å². The van der Waals surface area contributed by atoms with Crippen LogP contribution in [-0.4, -0.2) is 47.0 Å². The maximum absolute atomic E-state index is 13.1. The van der Waals surface area contributed by atoms with E-state index in [1.165, 1.54) is 5.56 Å². The van der Waals surface area contributed by atoms with Crippen LogP contribution in [0.2, 0.25) is 10.0 Å². The first-order chi connectivity index (χ1) is 17.5. The van der Waals surface area contributed by atoms with Crippen molar-refractivity contribution in [3.05, 3.63) is 111 Å². The molecule has 5 rings (SSSR count). The van der Waals surface area contributed by atoms with Gasteiger partial charge in [0.05, 0.1) is 10.6 Å². The number of hydrogen-bond acceptors (Lipinski definition) is 4. The van der Waals surface area contributed by atoms with Gasteiger partial charge in [0.25, 0.3) is 5.91 Å². The van der Waals surface area contributed by atoms with Crippen molar-refractivity contribution >= 4 is 34.9 Å². The minimum absolute atomic E-state index is 0.0790. The van der Waals surface area contributed by atoms with Gasteiger partial charge in [-0.15, -0.1) is 0 Å². The maximum Gasteiger partial charge on any atom is 0.255 e. The Morgan fingerprint density at radius 3 is 2.19 bits per heavy atom. The molecular weight excluding hydrogens is 491 g/mol. The molecule has 0 bridgehead atoms. The first kappa shape index (κ1) is 24.3. The molecule has 0 unspecified atom stereocenters. The summed E-state index contributed by atoms with van der Waals surface area (Å²) in [6.45, 7) is 4.55. The normalized spacial score (nSPS) is 13.6. The second-order valence-electron chi connectivity index (χ2n) is 8.87. The maximum atomic E-state index is 13.1. The average Bonchev–Trinajstić information content (AvgIpc) is 2.90. The Morgan fingerprint density at radius 1 is 0.861 bits per heavy atom. The van der Waals surface area contributed by atoms with E-state index >= 15 is 0 Å². The first-order valence-corrected chi connectivity index (χ1v) is 12.7. The van der Waals surface area contributed by atoms with Crippen molar-refractivity contribution in [1.82, 2.24) is 14.9 Å². The summed E-state index contributed by atoms with van der Waals surface area (Å²) in [5.74, 6) is 1.57. The number of aryl methyl sites for hydroxylation is 1. The predicted octanol–water partition coefficient (Wildman–Crippen LogP) is 6.31. The van der Waals surface area contributed by atoms with Crippen LogP contribution in [-0.2, 0) is 6.42 Å². The van der Waals surface area contributed by atoms with Crippen LogP contribution in [0, 0.1) is 6.92 Å². The van der Waals surface area contributed by atoms with Gasteiger partial charge in [0.2, 0.25) is 0 Å². The van der Waals surface area contributed by atoms with Crippen molar-refractivity contribution in [1.29, 1.82) is 0 Å². The molecule has 1 aliphatic rings. The van der Waals surface area contributed by atoms with Gasteiger partial charge in [-0.1, -0.05) is 83.9 Å². The molecule has 1 aromatic heterocycles. The minimum Gasteiger partial charge on any atom is -0.353 e. The number of nitrogens with zero attached hydrogens (tertiary/aromatic N) is 4. The van der Waals surface area contributed by atoms with Crippen LogP contribution in [0.4, 0.5) is 5.82 Å². The van der Waals surface area contributed by atoms with Crippen LogP contribution >= 0.6 is 23.2 Å². The van der Waals surface area contributed by atoms with E-state index in [1.54, 1.807) is 18.2 Å². The molecule has 0 saturated carbocycles. The molecule has 1 aliphatic heterocycles. The molecular formula is C29H26Cl2N4O. The topological polar surface area (TPSA) is 49.3 Å². The van der Waals surface area contributed by atoms with Gasteiger partial charge in [-0.2, -0.15) is 0 Å². The highest BCUT2D eigenvalue weighted by molar-refractivity contribution is 6.36. The Hall–Kier alpha value is -3.41. The summed E-state index contributed by atoms with van der Waals surface area (Å²) in [4.78, 5) is 27.2. The van der Waals surface area contributed by atoms with E-state index in [-0.39, 0.29) is 5.91 Å². The number of piperazine rings is 1. The van der Waals surface area contributed by atoms with E-state index in [1.807, 2.05) is 41.3 Å². The van der Waals surface area contributed by atoms with E-state index < -0.39 is 0 Å². The number of rotatable bonds is 5. The lowest BCUT2D eigenvalue weighted by Gasteiger charge is -2.36. The van der Waals surface area contributed by atoms with Crippen LogP contribution in [0.5, 0.6) is 0 Å². The van der Waals surface area contributed by atoms with Crippen molar-refractivity contribution in [3.63, 3.8) is 0 Å². The zero-order chi connectivity index (χ0) is 25.1. The lowest BCUT2D eigenvalue weighted by molar-refractivity contribution is 0.0746. The third-order valence-electron chi connectivity index (χ3n) is 6.48. The van der Waals surface area contributed by atoms with Gasteiger partial charge in [0.15, 0.2) is 5.82 Å². The molecule has 0 radical (unpaired) electrons. The molecule has 0 atom stereocenters. The zero-order valence-electron chi connectivity index (χ0n) is 20.0. The minimum atomic E-state index is -0.0790. The van der Waals surface area contributed by atoms with E-state index in [0.717, 1.165) is 29.1 Å². The number of amides is 1. The molecule has 4 aromatic rings. The van der Waals surface area contributed by atoms with Crippen LogP contribution in [0.1, 0.15) is 27.2 Å². The number of aromatic nitrogens is 2. The van der Waals surface area contributed by atoms with Crippen LogP contribution in [0.3, 0.4) is 0 Å². The molecule has 1 fully saturated rings. The van der Waals surface area contributed by atoms with Gasteiger partial charge in [-0.25, -0.2) is 9.97 Å². The SMILES string of the molecule is Cc1nc(-c2ccccc2)nc(N2CCN(C(=O)c3ccc(Cl)cc3Cl)CC2)c1Cc1ccccc1.